The van der Waals surface area contributed by atoms with Gasteiger partial charge in [-0.1, -0.05) is 6.07 Å². The molecule has 26 heavy (non-hydrogen) atoms. The Bertz CT molecular complexity index is 818. The molecule has 4 rings (SSSR count). The fourth-order valence-electron chi connectivity index (χ4n) is 4.51. The van der Waals surface area contributed by atoms with E-state index >= 15 is 0 Å². The lowest BCUT2D eigenvalue weighted by Crippen LogP contribution is -3.15. The van der Waals surface area contributed by atoms with E-state index in [0.717, 1.165) is 37.4 Å². The number of quaternary nitrogens is 1. The molecule has 4 N–H and O–H groups in total. The standard InChI is InChI=1S/C20H25N3O3/c24-17-6-4-16(5-7-17)21-9-18(25)13-22-10-14-8-15(12-22)19-2-1-3-20(26)23(19)11-14/h1-7,14-15,18,21,24-25H,8-13H2/p+1/t14-,15+,18?/m1/s1. The topological polar surface area (TPSA) is 78.9 Å². The van der Waals surface area contributed by atoms with E-state index in [9.17, 15) is 15.0 Å². The molecule has 1 fully saturated rings. The maximum absolute atomic E-state index is 12.1. The summed E-state index contributed by atoms with van der Waals surface area (Å²) in [4.78, 5) is 13.5. The average Bonchev–Trinajstić information content (AvgIpc) is 2.62. The first-order chi connectivity index (χ1) is 12.6. The van der Waals surface area contributed by atoms with Gasteiger partial charge in [-0.3, -0.25) is 4.79 Å². The van der Waals surface area contributed by atoms with Crippen molar-refractivity contribution in [2.24, 2.45) is 5.92 Å². The number of pyridine rings is 1. The third-order valence-corrected chi connectivity index (χ3v) is 5.61. The number of aromatic nitrogens is 1. The van der Waals surface area contributed by atoms with Crippen molar-refractivity contribution in [3.8, 4) is 5.75 Å². The number of aromatic hydroxyl groups is 1. The number of phenols is 1. The van der Waals surface area contributed by atoms with Crippen LogP contribution in [-0.4, -0.2) is 47.1 Å². The van der Waals surface area contributed by atoms with Crippen molar-refractivity contribution in [3.63, 3.8) is 0 Å². The fraction of sp³-hybridized carbons (Fsp3) is 0.450. The molecule has 6 nitrogen and oxygen atoms in total. The summed E-state index contributed by atoms with van der Waals surface area (Å²) in [5.41, 5.74) is 2.15. The molecule has 2 aromatic rings. The Hall–Kier alpha value is -2.31. The summed E-state index contributed by atoms with van der Waals surface area (Å²) < 4.78 is 1.94. The van der Waals surface area contributed by atoms with E-state index in [1.54, 1.807) is 30.3 Å². The second-order valence-electron chi connectivity index (χ2n) is 7.64. The number of rotatable bonds is 5. The summed E-state index contributed by atoms with van der Waals surface area (Å²) in [5, 5.41) is 23.0. The first-order valence-corrected chi connectivity index (χ1v) is 9.33. The number of hydrogen-bond donors (Lipinski definition) is 4. The van der Waals surface area contributed by atoms with Crippen LogP contribution in [0, 0.1) is 5.92 Å². The molecule has 4 atom stereocenters. The highest BCUT2D eigenvalue weighted by atomic mass is 16.3. The van der Waals surface area contributed by atoms with Crippen molar-refractivity contribution in [3.05, 3.63) is 58.5 Å². The summed E-state index contributed by atoms with van der Waals surface area (Å²) in [6, 6.07) is 12.4. The zero-order chi connectivity index (χ0) is 18.1. The highest BCUT2D eigenvalue weighted by molar-refractivity contribution is 5.45. The summed E-state index contributed by atoms with van der Waals surface area (Å²) in [6.45, 7) is 3.97. The molecule has 2 aliphatic rings. The number of nitrogens with one attached hydrogen (secondary N) is 2. The van der Waals surface area contributed by atoms with Gasteiger partial charge in [0.25, 0.3) is 5.56 Å². The van der Waals surface area contributed by atoms with Crippen LogP contribution in [0.15, 0.2) is 47.3 Å². The number of fused-ring (bicyclic) bond motifs is 4. The van der Waals surface area contributed by atoms with Gasteiger partial charge in [0.15, 0.2) is 0 Å². The minimum atomic E-state index is -0.435. The summed E-state index contributed by atoms with van der Waals surface area (Å²) in [7, 11) is 0. The van der Waals surface area contributed by atoms with Crippen molar-refractivity contribution in [2.45, 2.75) is 25.0 Å². The molecule has 0 spiro atoms. The molecule has 1 aromatic carbocycles. The predicted octanol–water partition coefficient (Wildman–Crippen LogP) is 0.0289. The number of aliphatic hydroxyl groups excluding tert-OH is 1. The van der Waals surface area contributed by atoms with Gasteiger partial charge >= 0.3 is 0 Å². The van der Waals surface area contributed by atoms with Crippen LogP contribution >= 0.6 is 0 Å². The third kappa shape index (κ3) is 3.61. The molecule has 0 amide bonds. The summed E-state index contributed by atoms with van der Waals surface area (Å²) in [6.07, 6.45) is 0.713. The molecule has 2 unspecified atom stereocenters. The van der Waals surface area contributed by atoms with Crippen molar-refractivity contribution in [2.75, 3.05) is 31.5 Å². The minimum Gasteiger partial charge on any atom is -0.508 e. The lowest BCUT2D eigenvalue weighted by Gasteiger charge is -2.40. The second kappa shape index (κ2) is 7.13. The van der Waals surface area contributed by atoms with Gasteiger partial charge in [0.1, 0.15) is 18.4 Å². The number of anilines is 1. The second-order valence-corrected chi connectivity index (χ2v) is 7.64. The smallest absolute Gasteiger partial charge is 0.250 e. The molecule has 3 heterocycles. The molecular weight excluding hydrogens is 330 g/mol. The van der Waals surface area contributed by atoms with Gasteiger partial charge in [0.05, 0.1) is 13.1 Å². The van der Waals surface area contributed by atoms with Crippen LogP contribution in [0.1, 0.15) is 18.0 Å². The Kier molecular flexibility index (Phi) is 4.70. The van der Waals surface area contributed by atoms with E-state index in [-0.39, 0.29) is 11.3 Å². The van der Waals surface area contributed by atoms with Gasteiger partial charge in [0, 0.05) is 42.4 Å². The number of benzene rings is 1. The highest BCUT2D eigenvalue weighted by Crippen LogP contribution is 2.29. The number of nitrogens with zero attached hydrogens (tertiary/aromatic N) is 1. The molecular formula is C20H26N3O3+. The van der Waals surface area contributed by atoms with Crippen LogP contribution in [0.5, 0.6) is 5.75 Å². The van der Waals surface area contributed by atoms with E-state index in [1.807, 2.05) is 10.6 Å². The van der Waals surface area contributed by atoms with Gasteiger partial charge < -0.3 is 25.0 Å². The Morgan fingerprint density at radius 2 is 2.00 bits per heavy atom. The van der Waals surface area contributed by atoms with E-state index in [0.29, 0.717) is 24.9 Å². The van der Waals surface area contributed by atoms with Crippen LogP contribution < -0.4 is 15.8 Å². The Labute approximate surface area is 152 Å². The lowest BCUT2D eigenvalue weighted by molar-refractivity contribution is -0.913. The molecule has 2 bridgehead atoms. The SMILES string of the molecule is O=c1cccc2n1C[C@@H]1C[C@H]2C[NH+](CC(O)CNc2ccc(O)cc2)C1. The van der Waals surface area contributed by atoms with Gasteiger partial charge in [-0.05, 0) is 36.8 Å². The zero-order valence-corrected chi connectivity index (χ0v) is 14.8. The third-order valence-electron chi connectivity index (χ3n) is 5.61. The summed E-state index contributed by atoms with van der Waals surface area (Å²) >= 11 is 0. The Balaban J connectivity index is 1.35. The van der Waals surface area contributed by atoms with Gasteiger partial charge in [-0.15, -0.1) is 0 Å². The molecule has 0 radical (unpaired) electrons. The lowest BCUT2D eigenvalue weighted by atomic mass is 9.83. The number of phenolic OH excluding ortho intramolecular Hbond substituents is 1. The monoisotopic (exact) mass is 356 g/mol. The number of likely N-dealkylation sites (tertiary alicyclic amines) is 1. The molecule has 1 saturated heterocycles. The zero-order valence-electron chi connectivity index (χ0n) is 14.8. The maximum Gasteiger partial charge on any atom is 0.250 e. The van der Waals surface area contributed by atoms with Gasteiger partial charge in [0.2, 0.25) is 0 Å². The average molecular weight is 356 g/mol. The van der Waals surface area contributed by atoms with Crippen molar-refractivity contribution < 1.29 is 15.1 Å². The van der Waals surface area contributed by atoms with Crippen molar-refractivity contribution in [1.82, 2.24) is 4.57 Å². The van der Waals surface area contributed by atoms with Gasteiger partial charge in [-0.2, -0.15) is 0 Å². The van der Waals surface area contributed by atoms with E-state index in [2.05, 4.69) is 11.4 Å². The predicted molar refractivity (Wildman–Crippen MR) is 99.7 cm³/mol. The number of hydrogen-bond acceptors (Lipinski definition) is 4. The Morgan fingerprint density at radius 3 is 2.81 bits per heavy atom. The van der Waals surface area contributed by atoms with Crippen LogP contribution in [0.2, 0.25) is 0 Å². The maximum atomic E-state index is 12.1. The normalized spacial score (nSPS) is 25.3. The summed E-state index contributed by atoms with van der Waals surface area (Å²) in [5.74, 6) is 1.15. The Morgan fingerprint density at radius 1 is 1.19 bits per heavy atom. The molecule has 2 aliphatic heterocycles. The quantitative estimate of drug-likeness (QED) is 0.570. The van der Waals surface area contributed by atoms with Crippen LogP contribution in [0.4, 0.5) is 5.69 Å². The molecule has 1 aromatic heterocycles. The van der Waals surface area contributed by atoms with Crippen LogP contribution in [0.25, 0.3) is 0 Å². The van der Waals surface area contributed by atoms with E-state index in [1.165, 1.54) is 4.90 Å². The molecule has 0 saturated carbocycles. The highest BCUT2D eigenvalue weighted by Gasteiger charge is 2.37. The first kappa shape index (κ1) is 17.1. The number of aliphatic hydroxyl groups is 1. The van der Waals surface area contributed by atoms with E-state index < -0.39 is 6.10 Å². The molecule has 138 valence electrons. The van der Waals surface area contributed by atoms with Crippen LogP contribution in [-0.2, 0) is 6.54 Å². The minimum absolute atomic E-state index is 0.110. The molecule has 0 aliphatic carbocycles. The van der Waals surface area contributed by atoms with E-state index in [4.69, 9.17) is 0 Å². The number of piperidine rings is 1. The fourth-order valence-corrected chi connectivity index (χ4v) is 4.51. The van der Waals surface area contributed by atoms with Crippen LogP contribution in [0.3, 0.4) is 0 Å². The van der Waals surface area contributed by atoms with Crippen molar-refractivity contribution >= 4 is 5.69 Å². The van der Waals surface area contributed by atoms with Crippen molar-refractivity contribution in [1.29, 1.82) is 0 Å². The first-order valence-electron chi connectivity index (χ1n) is 9.33. The largest absolute Gasteiger partial charge is 0.508 e. The molecule has 6 heteroatoms. The van der Waals surface area contributed by atoms with Gasteiger partial charge in [-0.25, -0.2) is 0 Å².